The van der Waals surface area contributed by atoms with Crippen LogP contribution >= 0.6 is 22.9 Å². The third-order valence-electron chi connectivity index (χ3n) is 4.15. The van der Waals surface area contributed by atoms with Crippen LogP contribution in [-0.2, 0) is 11.3 Å². The van der Waals surface area contributed by atoms with Crippen molar-refractivity contribution in [3.63, 3.8) is 0 Å². The lowest BCUT2D eigenvalue weighted by atomic mass is 10.1. The summed E-state index contributed by atoms with van der Waals surface area (Å²) in [6, 6.07) is 10.5. The number of aromatic hydroxyl groups is 1. The maximum atomic E-state index is 12.5. The molecule has 0 saturated carbocycles. The third-order valence-corrected chi connectivity index (χ3v) is 5.23. The van der Waals surface area contributed by atoms with Gasteiger partial charge in [-0.15, -0.1) is 0 Å². The summed E-state index contributed by atoms with van der Waals surface area (Å²) < 4.78 is 0. The van der Waals surface area contributed by atoms with Crippen molar-refractivity contribution < 1.29 is 24.6 Å². The molecule has 164 valence electrons. The fourth-order valence-electron chi connectivity index (χ4n) is 2.64. The van der Waals surface area contributed by atoms with Gasteiger partial charge in [-0.25, -0.2) is 9.78 Å². The van der Waals surface area contributed by atoms with E-state index in [-0.39, 0.29) is 39.3 Å². The first-order chi connectivity index (χ1) is 15.2. The third kappa shape index (κ3) is 5.84. The molecule has 0 spiro atoms. The number of anilines is 1. The van der Waals surface area contributed by atoms with Crippen LogP contribution in [0.5, 0.6) is 5.75 Å². The monoisotopic (exact) mass is 472 g/mol. The fraction of sp³-hybridized carbons (Fsp3) is 0.0476. The van der Waals surface area contributed by atoms with Crippen LogP contribution in [0.2, 0.25) is 5.02 Å². The van der Waals surface area contributed by atoms with Crippen LogP contribution in [0, 0.1) is 0 Å². The number of carboxylic acids is 1. The number of nitrogens with two attached hydrogens (primary N) is 1. The van der Waals surface area contributed by atoms with Crippen molar-refractivity contribution in [3.8, 4) is 5.75 Å². The average Bonchev–Trinajstić information content (AvgIpc) is 3.16. The standard InChI is InChI=1S/C21H17ClN4O5S/c22-16-7-12(18(28)24-9-11-2-1-3-13(27)6-11)4-5-15(16)19(29)26-17(20(30)31)8-14-10-25-21(23)32-14/h1-8,10,27H,9H2,(H2,23,25)(H,24,28)(H,26,29)(H,30,31)/b17-8-. The van der Waals surface area contributed by atoms with Crippen LogP contribution in [0.1, 0.15) is 31.2 Å². The number of halogens is 1. The lowest BCUT2D eigenvalue weighted by Crippen LogP contribution is -2.28. The van der Waals surface area contributed by atoms with Gasteiger partial charge >= 0.3 is 5.97 Å². The second-order valence-electron chi connectivity index (χ2n) is 6.47. The second-order valence-corrected chi connectivity index (χ2v) is 7.97. The van der Waals surface area contributed by atoms with Gasteiger partial charge in [0.15, 0.2) is 5.13 Å². The van der Waals surface area contributed by atoms with Gasteiger partial charge in [0.05, 0.1) is 15.5 Å². The average molecular weight is 473 g/mol. The highest BCUT2D eigenvalue weighted by Gasteiger charge is 2.18. The molecule has 3 rings (SSSR count). The quantitative estimate of drug-likeness (QED) is 0.331. The minimum Gasteiger partial charge on any atom is -0.508 e. The van der Waals surface area contributed by atoms with E-state index in [4.69, 9.17) is 17.3 Å². The van der Waals surface area contributed by atoms with E-state index < -0.39 is 17.8 Å². The fourth-order valence-corrected chi connectivity index (χ4v) is 3.54. The number of nitrogen functional groups attached to an aromatic ring is 1. The number of phenols is 1. The number of carbonyl (C=O) groups is 3. The van der Waals surface area contributed by atoms with E-state index in [1.54, 1.807) is 12.1 Å². The van der Waals surface area contributed by atoms with E-state index in [1.165, 1.54) is 42.6 Å². The van der Waals surface area contributed by atoms with E-state index >= 15 is 0 Å². The molecule has 0 bridgehead atoms. The molecule has 1 aromatic heterocycles. The number of amides is 2. The first-order valence-electron chi connectivity index (χ1n) is 9.06. The summed E-state index contributed by atoms with van der Waals surface area (Å²) in [5.74, 6) is -2.46. The first-order valence-corrected chi connectivity index (χ1v) is 10.3. The molecule has 3 aromatic rings. The number of thiazole rings is 1. The number of aromatic nitrogens is 1. The van der Waals surface area contributed by atoms with Gasteiger partial charge in [-0.3, -0.25) is 9.59 Å². The molecule has 32 heavy (non-hydrogen) atoms. The van der Waals surface area contributed by atoms with Crippen molar-refractivity contribution >= 4 is 51.9 Å². The van der Waals surface area contributed by atoms with Gasteiger partial charge in [-0.1, -0.05) is 35.1 Å². The molecule has 6 N–H and O–H groups in total. The van der Waals surface area contributed by atoms with E-state index in [2.05, 4.69) is 15.6 Å². The van der Waals surface area contributed by atoms with Gasteiger partial charge in [0.2, 0.25) is 0 Å². The molecule has 0 fully saturated rings. The zero-order valence-electron chi connectivity index (χ0n) is 16.3. The summed E-state index contributed by atoms with van der Waals surface area (Å²) in [5.41, 5.74) is 6.04. The number of nitrogens with zero attached hydrogens (tertiary/aromatic N) is 1. The molecule has 11 heteroatoms. The van der Waals surface area contributed by atoms with Crippen molar-refractivity contribution in [3.05, 3.63) is 80.9 Å². The summed E-state index contributed by atoms with van der Waals surface area (Å²) >= 11 is 7.23. The lowest BCUT2D eigenvalue weighted by Gasteiger charge is -2.10. The largest absolute Gasteiger partial charge is 0.508 e. The number of nitrogens with one attached hydrogen (secondary N) is 2. The topological polar surface area (TPSA) is 155 Å². The lowest BCUT2D eigenvalue weighted by molar-refractivity contribution is -0.132. The van der Waals surface area contributed by atoms with Gasteiger partial charge in [-0.05, 0) is 42.0 Å². The maximum Gasteiger partial charge on any atom is 0.352 e. The van der Waals surface area contributed by atoms with Gasteiger partial charge in [0, 0.05) is 18.3 Å². The van der Waals surface area contributed by atoms with E-state index in [1.807, 2.05) is 0 Å². The number of carbonyl (C=O) groups excluding carboxylic acids is 2. The molecule has 0 atom stereocenters. The summed E-state index contributed by atoms with van der Waals surface area (Å²) in [7, 11) is 0. The molecule has 0 aliphatic carbocycles. The van der Waals surface area contributed by atoms with Crippen molar-refractivity contribution in [1.82, 2.24) is 15.6 Å². The van der Waals surface area contributed by atoms with Crippen molar-refractivity contribution in [2.24, 2.45) is 0 Å². The van der Waals surface area contributed by atoms with Crippen LogP contribution in [0.25, 0.3) is 6.08 Å². The van der Waals surface area contributed by atoms with Crippen LogP contribution in [0.4, 0.5) is 5.13 Å². The SMILES string of the molecule is Nc1ncc(/C=C(\NC(=O)c2ccc(C(=O)NCc3cccc(O)c3)cc2Cl)C(=O)O)s1. The van der Waals surface area contributed by atoms with Crippen molar-refractivity contribution in [2.45, 2.75) is 6.54 Å². The second kappa shape index (κ2) is 9.94. The minimum absolute atomic E-state index is 0.00725. The Balaban J connectivity index is 1.70. The van der Waals surface area contributed by atoms with Gasteiger partial charge in [0.1, 0.15) is 11.4 Å². The molecule has 0 aliphatic rings. The molecular formula is C21H17ClN4O5S. The predicted octanol–water partition coefficient (Wildman–Crippen LogP) is 2.87. The highest BCUT2D eigenvalue weighted by Crippen LogP contribution is 2.20. The highest BCUT2D eigenvalue weighted by molar-refractivity contribution is 7.16. The Morgan fingerprint density at radius 3 is 2.56 bits per heavy atom. The molecular weight excluding hydrogens is 456 g/mol. The first kappa shape index (κ1) is 22.8. The number of hydrogen-bond donors (Lipinski definition) is 5. The predicted molar refractivity (Wildman–Crippen MR) is 120 cm³/mol. The number of benzene rings is 2. The van der Waals surface area contributed by atoms with Crippen molar-refractivity contribution in [1.29, 1.82) is 0 Å². The van der Waals surface area contributed by atoms with E-state index in [0.29, 0.717) is 10.4 Å². The van der Waals surface area contributed by atoms with Crippen LogP contribution in [0.15, 0.2) is 54.4 Å². The van der Waals surface area contributed by atoms with Gasteiger partial charge in [-0.2, -0.15) is 0 Å². The normalized spacial score (nSPS) is 11.1. The molecule has 0 aliphatic heterocycles. The number of aliphatic carboxylic acids is 1. The molecule has 0 unspecified atom stereocenters. The highest BCUT2D eigenvalue weighted by atomic mass is 35.5. The molecule has 2 amide bonds. The molecule has 9 nitrogen and oxygen atoms in total. The Hall–Kier alpha value is -3.89. The number of hydrogen-bond acceptors (Lipinski definition) is 7. The molecule has 0 saturated heterocycles. The minimum atomic E-state index is -1.36. The summed E-state index contributed by atoms with van der Waals surface area (Å²) in [5, 5.41) is 24.0. The smallest absolute Gasteiger partial charge is 0.352 e. The Bertz CT molecular complexity index is 1220. The molecule has 2 aromatic carbocycles. The summed E-state index contributed by atoms with van der Waals surface area (Å²) in [4.78, 5) is 40.7. The molecule has 1 heterocycles. The number of phenolic OH excluding ortho intramolecular Hbond substituents is 1. The Morgan fingerprint density at radius 2 is 1.94 bits per heavy atom. The Morgan fingerprint density at radius 1 is 1.16 bits per heavy atom. The number of rotatable bonds is 7. The van der Waals surface area contributed by atoms with E-state index in [0.717, 1.165) is 11.3 Å². The van der Waals surface area contributed by atoms with Crippen LogP contribution in [-0.4, -0.2) is 33.0 Å². The summed E-state index contributed by atoms with van der Waals surface area (Å²) in [6.07, 6.45) is 2.61. The van der Waals surface area contributed by atoms with Crippen LogP contribution < -0.4 is 16.4 Å². The zero-order chi connectivity index (χ0) is 23.3. The van der Waals surface area contributed by atoms with Crippen molar-refractivity contribution in [2.75, 3.05) is 5.73 Å². The van der Waals surface area contributed by atoms with Crippen LogP contribution in [0.3, 0.4) is 0 Å². The van der Waals surface area contributed by atoms with Gasteiger partial charge in [0.25, 0.3) is 11.8 Å². The number of carboxylic acid groups (broad SMARTS) is 1. The maximum absolute atomic E-state index is 12.5. The molecule has 0 radical (unpaired) electrons. The van der Waals surface area contributed by atoms with Gasteiger partial charge < -0.3 is 26.6 Å². The Kier molecular flexibility index (Phi) is 7.08. The zero-order valence-corrected chi connectivity index (χ0v) is 17.9. The van der Waals surface area contributed by atoms with E-state index in [9.17, 15) is 24.6 Å². The summed E-state index contributed by atoms with van der Waals surface area (Å²) in [6.45, 7) is 0.182. The Labute approximate surface area is 191 Å².